The molecule has 0 bridgehead atoms. The van der Waals surface area contributed by atoms with Gasteiger partial charge in [0, 0.05) is 21.9 Å². The molecular formula is C20H9NO5. The molecule has 0 aliphatic carbocycles. The molecule has 2 amide bonds. The van der Waals surface area contributed by atoms with Crippen molar-refractivity contribution in [1.29, 1.82) is 0 Å². The molecule has 0 aromatic heterocycles. The van der Waals surface area contributed by atoms with Gasteiger partial charge in [-0.1, -0.05) is 18.2 Å². The number of nitrogens with zero attached hydrogens (tertiary/aromatic N) is 1. The molecule has 0 atom stereocenters. The summed E-state index contributed by atoms with van der Waals surface area (Å²) in [6.45, 7) is 0. The second-order valence-corrected chi connectivity index (χ2v) is 6.03. The van der Waals surface area contributed by atoms with Crippen LogP contribution in [0.1, 0.15) is 41.4 Å². The van der Waals surface area contributed by atoms with Gasteiger partial charge in [0.05, 0.1) is 16.8 Å². The van der Waals surface area contributed by atoms with Gasteiger partial charge in [0.2, 0.25) is 0 Å². The number of esters is 2. The Hall–Kier alpha value is -3.80. The molecule has 0 N–H and O–H groups in total. The van der Waals surface area contributed by atoms with Crippen molar-refractivity contribution in [2.24, 2.45) is 0 Å². The van der Waals surface area contributed by atoms with E-state index in [9.17, 15) is 19.2 Å². The number of cyclic esters (lactones) is 2. The van der Waals surface area contributed by atoms with Crippen LogP contribution in [0.25, 0.3) is 10.8 Å². The smallest absolute Gasteiger partial charge is 0.346 e. The maximum absolute atomic E-state index is 13.0. The van der Waals surface area contributed by atoms with Crippen LogP contribution in [0.3, 0.4) is 0 Å². The van der Waals surface area contributed by atoms with Crippen LogP contribution in [0.2, 0.25) is 0 Å². The standard InChI is InChI=1S/C20H9NO5/c22-17-11-6-8-13-16-14(20(25)26-19(13)24)9-7-12(15(11)16)18(23)21(17)10-4-2-1-3-5-10/h1-9H. The minimum absolute atomic E-state index is 0.175. The molecule has 0 unspecified atom stereocenters. The van der Waals surface area contributed by atoms with Gasteiger partial charge in [0.15, 0.2) is 0 Å². The van der Waals surface area contributed by atoms with Crippen LogP contribution in [-0.4, -0.2) is 23.8 Å². The Morgan fingerprint density at radius 3 is 1.58 bits per heavy atom. The van der Waals surface area contributed by atoms with E-state index in [-0.39, 0.29) is 22.3 Å². The van der Waals surface area contributed by atoms with E-state index in [0.29, 0.717) is 16.5 Å². The highest BCUT2D eigenvalue weighted by atomic mass is 16.6. The lowest BCUT2D eigenvalue weighted by molar-refractivity contribution is 0.0390. The van der Waals surface area contributed by atoms with Crippen LogP contribution in [-0.2, 0) is 4.74 Å². The van der Waals surface area contributed by atoms with Gasteiger partial charge in [-0.15, -0.1) is 0 Å². The second-order valence-electron chi connectivity index (χ2n) is 6.03. The Bertz CT molecular complexity index is 1110. The summed E-state index contributed by atoms with van der Waals surface area (Å²) >= 11 is 0. The van der Waals surface area contributed by atoms with Crippen molar-refractivity contribution in [2.45, 2.75) is 0 Å². The molecule has 5 rings (SSSR count). The SMILES string of the molecule is O=C1OC(=O)c2ccc3c4c(ccc1c24)C(=O)N(c1ccccc1)C3=O. The second kappa shape index (κ2) is 4.86. The Labute approximate surface area is 146 Å². The number of amides is 2. The van der Waals surface area contributed by atoms with Crippen molar-refractivity contribution in [3.05, 3.63) is 76.9 Å². The van der Waals surface area contributed by atoms with E-state index in [0.717, 1.165) is 4.90 Å². The summed E-state index contributed by atoms with van der Waals surface area (Å²) in [6, 6.07) is 14.5. The largest absolute Gasteiger partial charge is 0.386 e. The molecule has 3 aromatic rings. The lowest BCUT2D eigenvalue weighted by Crippen LogP contribution is -2.41. The highest BCUT2D eigenvalue weighted by Crippen LogP contribution is 2.38. The van der Waals surface area contributed by atoms with Gasteiger partial charge in [-0.3, -0.25) is 9.59 Å². The van der Waals surface area contributed by atoms with Crippen LogP contribution in [0.15, 0.2) is 54.6 Å². The highest BCUT2D eigenvalue weighted by molar-refractivity contribution is 6.38. The first-order valence-electron chi connectivity index (χ1n) is 7.88. The van der Waals surface area contributed by atoms with Crippen LogP contribution < -0.4 is 4.90 Å². The fourth-order valence-electron chi connectivity index (χ4n) is 3.53. The summed E-state index contributed by atoms with van der Waals surface area (Å²) in [4.78, 5) is 51.2. The van der Waals surface area contributed by atoms with E-state index in [1.807, 2.05) is 0 Å². The minimum Gasteiger partial charge on any atom is -0.386 e. The number of hydrogen-bond acceptors (Lipinski definition) is 5. The molecule has 6 nitrogen and oxygen atoms in total. The molecular weight excluding hydrogens is 334 g/mol. The van der Waals surface area contributed by atoms with E-state index >= 15 is 0 Å². The molecule has 26 heavy (non-hydrogen) atoms. The first-order valence-corrected chi connectivity index (χ1v) is 7.88. The van der Waals surface area contributed by atoms with Gasteiger partial charge in [-0.2, -0.15) is 0 Å². The van der Waals surface area contributed by atoms with Gasteiger partial charge < -0.3 is 4.74 Å². The van der Waals surface area contributed by atoms with Gasteiger partial charge in [-0.05, 0) is 36.4 Å². The number of ether oxygens (including phenoxy) is 1. The lowest BCUT2D eigenvalue weighted by atomic mass is 9.87. The molecule has 3 aromatic carbocycles. The summed E-state index contributed by atoms with van der Waals surface area (Å²) in [5.74, 6) is -2.55. The first-order chi connectivity index (χ1) is 12.6. The maximum atomic E-state index is 13.0. The Balaban J connectivity index is 1.86. The first kappa shape index (κ1) is 14.5. The van der Waals surface area contributed by atoms with E-state index in [2.05, 4.69) is 0 Å². The van der Waals surface area contributed by atoms with E-state index in [1.54, 1.807) is 30.3 Å². The number of benzene rings is 3. The monoisotopic (exact) mass is 343 g/mol. The third-order valence-electron chi connectivity index (χ3n) is 4.67. The number of para-hydroxylation sites is 1. The molecule has 2 aliphatic rings. The third kappa shape index (κ3) is 1.70. The number of rotatable bonds is 1. The number of anilines is 1. The molecule has 0 spiro atoms. The fraction of sp³-hybridized carbons (Fsp3) is 0. The maximum Gasteiger partial charge on any atom is 0.346 e. The normalized spacial score (nSPS) is 15.5. The summed E-state index contributed by atoms with van der Waals surface area (Å²) in [5.41, 5.74) is 1.35. The van der Waals surface area contributed by atoms with Gasteiger partial charge in [0.1, 0.15) is 0 Å². The van der Waals surface area contributed by atoms with Gasteiger partial charge in [-0.25, -0.2) is 14.5 Å². The zero-order valence-corrected chi connectivity index (χ0v) is 13.2. The third-order valence-corrected chi connectivity index (χ3v) is 4.67. The lowest BCUT2D eigenvalue weighted by Gasteiger charge is -2.29. The van der Waals surface area contributed by atoms with Crippen molar-refractivity contribution in [3.8, 4) is 0 Å². The predicted molar refractivity (Wildman–Crippen MR) is 91.3 cm³/mol. The number of hydrogen-bond donors (Lipinski definition) is 0. The average molecular weight is 343 g/mol. The summed E-state index contributed by atoms with van der Waals surface area (Å²) < 4.78 is 4.72. The van der Waals surface area contributed by atoms with Crippen LogP contribution >= 0.6 is 0 Å². The molecule has 0 fully saturated rings. The predicted octanol–water partition coefficient (Wildman–Crippen LogP) is 2.95. The van der Waals surface area contributed by atoms with Crippen molar-refractivity contribution in [1.82, 2.24) is 0 Å². The summed E-state index contributed by atoms with van der Waals surface area (Å²) in [6.07, 6.45) is 0. The number of carbonyl (C=O) groups is 4. The van der Waals surface area contributed by atoms with Crippen molar-refractivity contribution >= 4 is 40.2 Å². The van der Waals surface area contributed by atoms with E-state index in [4.69, 9.17) is 4.74 Å². The average Bonchev–Trinajstić information content (AvgIpc) is 2.65. The van der Waals surface area contributed by atoms with E-state index in [1.165, 1.54) is 24.3 Å². The van der Waals surface area contributed by atoms with Crippen molar-refractivity contribution < 1.29 is 23.9 Å². The molecule has 0 radical (unpaired) electrons. The highest BCUT2D eigenvalue weighted by Gasteiger charge is 2.38. The zero-order valence-electron chi connectivity index (χ0n) is 13.2. The van der Waals surface area contributed by atoms with Gasteiger partial charge >= 0.3 is 11.9 Å². The van der Waals surface area contributed by atoms with Gasteiger partial charge in [0.25, 0.3) is 11.8 Å². The molecule has 124 valence electrons. The summed E-state index contributed by atoms with van der Waals surface area (Å²) in [5, 5.41) is 0.628. The van der Waals surface area contributed by atoms with Crippen LogP contribution in [0.5, 0.6) is 0 Å². The number of imide groups is 1. The topological polar surface area (TPSA) is 80.8 Å². The molecule has 0 saturated carbocycles. The zero-order chi connectivity index (χ0) is 18.0. The van der Waals surface area contributed by atoms with Crippen LogP contribution in [0, 0.1) is 0 Å². The number of carbonyl (C=O) groups excluding carboxylic acids is 4. The fourth-order valence-corrected chi connectivity index (χ4v) is 3.53. The van der Waals surface area contributed by atoms with Crippen LogP contribution in [0.4, 0.5) is 5.69 Å². The van der Waals surface area contributed by atoms with E-state index < -0.39 is 23.8 Å². The van der Waals surface area contributed by atoms with Crippen molar-refractivity contribution in [3.63, 3.8) is 0 Å². The Morgan fingerprint density at radius 2 is 1.04 bits per heavy atom. The molecule has 6 heteroatoms. The molecule has 2 heterocycles. The Morgan fingerprint density at radius 1 is 0.577 bits per heavy atom. The Kier molecular flexibility index (Phi) is 2.72. The quantitative estimate of drug-likeness (QED) is 0.385. The minimum atomic E-state index is -0.781. The molecule has 2 aliphatic heterocycles. The van der Waals surface area contributed by atoms with Crippen molar-refractivity contribution in [2.75, 3.05) is 4.90 Å². The summed E-state index contributed by atoms with van der Waals surface area (Å²) in [7, 11) is 0. The molecule has 0 saturated heterocycles.